The summed E-state index contributed by atoms with van der Waals surface area (Å²) in [6, 6.07) is 16.6. The van der Waals surface area contributed by atoms with E-state index in [1.807, 2.05) is 0 Å². The van der Waals surface area contributed by atoms with Crippen molar-refractivity contribution in [1.82, 2.24) is 5.43 Å². The van der Waals surface area contributed by atoms with E-state index in [-0.39, 0.29) is 6.61 Å². The maximum atomic E-state index is 13.0. The molecule has 174 valence electrons. The van der Waals surface area contributed by atoms with Gasteiger partial charge in [0.2, 0.25) is 0 Å². The van der Waals surface area contributed by atoms with Gasteiger partial charge in [0.25, 0.3) is 5.91 Å². The molecule has 0 radical (unpaired) electrons. The zero-order valence-corrected chi connectivity index (χ0v) is 19.7. The van der Waals surface area contributed by atoms with E-state index in [1.54, 1.807) is 36.4 Å². The molecule has 0 saturated heterocycles. The Labute approximate surface area is 207 Å². The van der Waals surface area contributed by atoms with Crippen molar-refractivity contribution >= 4 is 62.8 Å². The van der Waals surface area contributed by atoms with Crippen molar-refractivity contribution in [2.75, 3.05) is 17.2 Å². The highest BCUT2D eigenvalue weighted by molar-refractivity contribution is 9.10. The second-order valence-electron chi connectivity index (χ2n) is 6.69. The Hall–Kier alpha value is -3.76. The minimum atomic E-state index is -0.993. The van der Waals surface area contributed by atoms with Gasteiger partial charge in [0.15, 0.2) is 6.61 Å². The van der Waals surface area contributed by atoms with Crippen LogP contribution in [0.1, 0.15) is 5.56 Å². The summed E-state index contributed by atoms with van der Waals surface area (Å²) in [5.74, 6) is -2.49. The lowest BCUT2D eigenvalue weighted by molar-refractivity contribution is -0.136. The molecular formula is C23H17BrClFN4O4. The van der Waals surface area contributed by atoms with Gasteiger partial charge >= 0.3 is 11.8 Å². The van der Waals surface area contributed by atoms with Crippen molar-refractivity contribution in [1.29, 1.82) is 0 Å². The fourth-order valence-corrected chi connectivity index (χ4v) is 3.16. The van der Waals surface area contributed by atoms with Gasteiger partial charge in [0.1, 0.15) is 11.6 Å². The Morgan fingerprint density at radius 3 is 2.47 bits per heavy atom. The Kier molecular flexibility index (Phi) is 8.72. The molecule has 8 nitrogen and oxygen atoms in total. The molecule has 3 aromatic carbocycles. The van der Waals surface area contributed by atoms with Crippen LogP contribution < -0.4 is 20.8 Å². The smallest absolute Gasteiger partial charge is 0.329 e. The number of hydrogen-bond donors (Lipinski definition) is 3. The normalized spacial score (nSPS) is 10.6. The van der Waals surface area contributed by atoms with Crippen LogP contribution in [0, 0.1) is 5.82 Å². The number of benzene rings is 3. The highest BCUT2D eigenvalue weighted by atomic mass is 79.9. The molecule has 3 rings (SSSR count). The molecule has 0 atom stereocenters. The first-order chi connectivity index (χ1) is 16.3. The van der Waals surface area contributed by atoms with Crippen molar-refractivity contribution < 1.29 is 23.5 Å². The average Bonchev–Trinajstić information content (AvgIpc) is 2.80. The van der Waals surface area contributed by atoms with E-state index in [0.717, 1.165) is 0 Å². The van der Waals surface area contributed by atoms with Gasteiger partial charge in [0.05, 0.1) is 6.21 Å². The fraction of sp³-hybridized carbons (Fsp3) is 0.0435. The molecule has 3 N–H and O–H groups in total. The van der Waals surface area contributed by atoms with Gasteiger partial charge in [-0.15, -0.1) is 0 Å². The van der Waals surface area contributed by atoms with E-state index < -0.39 is 23.5 Å². The largest absolute Gasteiger partial charge is 0.483 e. The van der Waals surface area contributed by atoms with Crippen LogP contribution in [0.5, 0.6) is 5.75 Å². The summed E-state index contributed by atoms with van der Waals surface area (Å²) in [4.78, 5) is 36.1. The third-order valence-corrected chi connectivity index (χ3v) is 4.85. The minimum absolute atomic E-state index is 0.304. The monoisotopic (exact) mass is 546 g/mol. The van der Waals surface area contributed by atoms with E-state index in [9.17, 15) is 18.8 Å². The summed E-state index contributed by atoms with van der Waals surface area (Å²) >= 11 is 9.17. The second kappa shape index (κ2) is 11.9. The first kappa shape index (κ1) is 24.9. The Bertz CT molecular complexity index is 1240. The first-order valence-corrected chi connectivity index (χ1v) is 10.8. The summed E-state index contributed by atoms with van der Waals surface area (Å²) in [5, 5.41) is 9.17. The molecule has 0 fully saturated rings. The summed E-state index contributed by atoms with van der Waals surface area (Å²) in [7, 11) is 0. The predicted octanol–water partition coefficient (Wildman–Crippen LogP) is 4.35. The number of nitrogens with zero attached hydrogens (tertiary/aromatic N) is 1. The minimum Gasteiger partial charge on any atom is -0.483 e. The van der Waals surface area contributed by atoms with Crippen molar-refractivity contribution in [3.8, 4) is 5.75 Å². The average molecular weight is 548 g/mol. The van der Waals surface area contributed by atoms with Crippen LogP contribution >= 0.6 is 27.5 Å². The Balaban J connectivity index is 1.57. The van der Waals surface area contributed by atoms with Crippen LogP contribution in [0.3, 0.4) is 0 Å². The molecule has 0 aromatic heterocycles. The highest BCUT2D eigenvalue weighted by Gasteiger charge is 2.13. The van der Waals surface area contributed by atoms with Crippen molar-refractivity contribution in [3.63, 3.8) is 0 Å². The Morgan fingerprint density at radius 2 is 1.74 bits per heavy atom. The second-order valence-corrected chi connectivity index (χ2v) is 8.04. The topological polar surface area (TPSA) is 109 Å². The summed E-state index contributed by atoms with van der Waals surface area (Å²) in [5.41, 5.74) is 3.33. The molecule has 0 spiro atoms. The molecular weight excluding hydrogens is 531 g/mol. The van der Waals surface area contributed by atoms with Gasteiger partial charge < -0.3 is 15.4 Å². The lowest BCUT2D eigenvalue weighted by Gasteiger charge is -2.10. The number of carbonyl (C=O) groups is 3. The van der Waals surface area contributed by atoms with Gasteiger partial charge in [-0.05, 0) is 60.7 Å². The molecule has 0 aliphatic carbocycles. The lowest BCUT2D eigenvalue weighted by Crippen LogP contribution is -2.32. The lowest BCUT2D eigenvalue weighted by atomic mass is 10.2. The zero-order chi connectivity index (χ0) is 24.5. The molecule has 3 aromatic rings. The van der Waals surface area contributed by atoms with E-state index in [0.29, 0.717) is 32.2 Å². The first-order valence-electron chi connectivity index (χ1n) is 9.68. The third-order valence-electron chi connectivity index (χ3n) is 4.12. The zero-order valence-electron chi connectivity index (χ0n) is 17.3. The molecule has 34 heavy (non-hydrogen) atoms. The predicted molar refractivity (Wildman–Crippen MR) is 130 cm³/mol. The maximum Gasteiger partial charge on any atom is 0.329 e. The SMILES string of the molecule is O=C(COc1ccc(Br)cc1/C=N\NC(=O)C(=O)Nc1cccc(Cl)c1)Nc1ccc(F)cc1. The quantitative estimate of drug-likeness (QED) is 0.232. The molecule has 0 aliphatic rings. The van der Waals surface area contributed by atoms with Crippen LogP contribution in [-0.2, 0) is 14.4 Å². The summed E-state index contributed by atoms with van der Waals surface area (Å²) < 4.78 is 19.2. The van der Waals surface area contributed by atoms with Crippen LogP contribution in [0.4, 0.5) is 15.8 Å². The van der Waals surface area contributed by atoms with Crippen LogP contribution in [0.25, 0.3) is 0 Å². The van der Waals surface area contributed by atoms with Gasteiger partial charge in [-0.2, -0.15) is 5.10 Å². The van der Waals surface area contributed by atoms with E-state index in [1.165, 1.54) is 36.5 Å². The number of rotatable bonds is 7. The number of anilines is 2. The van der Waals surface area contributed by atoms with E-state index >= 15 is 0 Å². The van der Waals surface area contributed by atoms with Crippen LogP contribution in [-0.4, -0.2) is 30.5 Å². The number of hydrazone groups is 1. The number of hydrogen-bond acceptors (Lipinski definition) is 5. The number of amides is 3. The molecule has 11 heteroatoms. The van der Waals surface area contributed by atoms with Crippen molar-refractivity contribution in [2.45, 2.75) is 0 Å². The van der Waals surface area contributed by atoms with Crippen LogP contribution in [0.2, 0.25) is 5.02 Å². The number of nitrogens with one attached hydrogen (secondary N) is 3. The molecule has 0 unspecified atom stereocenters. The van der Waals surface area contributed by atoms with Gasteiger partial charge in [-0.1, -0.05) is 33.6 Å². The highest BCUT2D eigenvalue weighted by Crippen LogP contribution is 2.22. The van der Waals surface area contributed by atoms with Crippen LogP contribution in [0.15, 0.2) is 76.3 Å². The van der Waals surface area contributed by atoms with Gasteiger partial charge in [-0.3, -0.25) is 14.4 Å². The molecule has 0 aliphatic heterocycles. The number of ether oxygens (including phenoxy) is 1. The van der Waals surface area contributed by atoms with E-state index in [2.05, 4.69) is 37.1 Å². The van der Waals surface area contributed by atoms with Gasteiger partial charge in [0, 0.05) is 26.4 Å². The number of halogens is 3. The Morgan fingerprint density at radius 1 is 0.971 bits per heavy atom. The summed E-state index contributed by atoms with van der Waals surface area (Å²) in [6.07, 6.45) is 1.27. The van der Waals surface area contributed by atoms with E-state index in [4.69, 9.17) is 16.3 Å². The van der Waals surface area contributed by atoms with Gasteiger partial charge in [-0.25, -0.2) is 9.82 Å². The summed E-state index contributed by atoms with van der Waals surface area (Å²) in [6.45, 7) is -0.325. The standard InChI is InChI=1S/C23H17BrClFN4O4/c24-15-4-9-20(34-13-21(31)28-18-7-5-17(26)6-8-18)14(10-15)12-27-30-23(33)22(32)29-19-3-1-2-16(25)11-19/h1-12H,13H2,(H,28,31)(H,29,32)(H,30,33)/b27-12-. The molecule has 0 saturated carbocycles. The fourth-order valence-electron chi connectivity index (χ4n) is 2.59. The molecule has 3 amide bonds. The molecule has 0 bridgehead atoms. The number of carbonyl (C=O) groups excluding carboxylic acids is 3. The van der Waals surface area contributed by atoms with Crippen molar-refractivity contribution in [3.05, 3.63) is 87.6 Å². The maximum absolute atomic E-state index is 13.0. The molecule has 0 heterocycles. The van der Waals surface area contributed by atoms with Crippen molar-refractivity contribution in [2.24, 2.45) is 5.10 Å². The third kappa shape index (κ3) is 7.68.